The molecule has 35 heteroatoms. The van der Waals surface area contributed by atoms with Gasteiger partial charge in [-0.05, 0) is 169 Å². The molecule has 11 aromatic rings. The average Bonchev–Trinajstić information content (AvgIpc) is 1.18. The maximum Gasteiger partial charge on any atom is 0.417 e. The Morgan fingerprint density at radius 2 is 0.993 bits per heavy atom. The van der Waals surface area contributed by atoms with Crippen LogP contribution in [0.2, 0.25) is 5.02 Å². The largest absolute Gasteiger partial charge is 0.469 e. The van der Waals surface area contributed by atoms with E-state index in [0.717, 1.165) is 79.5 Å². The highest BCUT2D eigenvalue weighted by molar-refractivity contribution is 6.35. The highest BCUT2D eigenvalue weighted by Crippen LogP contribution is 2.38. The molecule has 5 aromatic carbocycles. The number of benzene rings is 5. The van der Waals surface area contributed by atoms with Gasteiger partial charge in [-0.3, -0.25) is 62.2 Å². The number of fused-ring (bicyclic) bond motifs is 1. The summed E-state index contributed by atoms with van der Waals surface area (Å²) in [5, 5.41) is 53.8. The zero-order valence-corrected chi connectivity index (χ0v) is 81.8. The van der Waals surface area contributed by atoms with E-state index in [1.54, 1.807) is 44.6 Å². The molecule has 16 rings (SSSR count). The van der Waals surface area contributed by atoms with E-state index in [0.29, 0.717) is 61.0 Å². The van der Waals surface area contributed by atoms with E-state index >= 15 is 0 Å². The Balaban J connectivity index is 0.000000183. The van der Waals surface area contributed by atoms with Gasteiger partial charge in [0, 0.05) is 110 Å². The summed E-state index contributed by atoms with van der Waals surface area (Å²) < 4.78 is 36.2. The second-order valence-electron chi connectivity index (χ2n) is 35.7. The number of carbonyl (C=O) groups excluding carboxylic acids is 10. The van der Waals surface area contributed by atoms with Crippen LogP contribution in [0.25, 0.3) is 11.3 Å². The van der Waals surface area contributed by atoms with Crippen LogP contribution in [0.4, 0.5) is 38.3 Å². The summed E-state index contributed by atoms with van der Waals surface area (Å²) in [6, 6.07) is 58.8. The fourth-order valence-corrected chi connectivity index (χ4v) is 17.9. The van der Waals surface area contributed by atoms with Crippen molar-refractivity contribution < 1.29 is 76.8 Å². The van der Waals surface area contributed by atoms with Crippen molar-refractivity contribution in [3.05, 3.63) is 257 Å². The van der Waals surface area contributed by atoms with E-state index in [1.165, 1.54) is 75.9 Å². The molecule has 0 aliphatic carbocycles. The molecule has 5 aliphatic heterocycles. The molecule has 2 amide bonds. The number of aliphatic hydroxyl groups is 2. The molecular formula is C103H126ClFN18O15. The Labute approximate surface area is 809 Å². The first-order valence-corrected chi connectivity index (χ1v) is 46.2. The van der Waals surface area contributed by atoms with Crippen molar-refractivity contribution in [3.63, 3.8) is 0 Å². The number of esters is 2. The van der Waals surface area contributed by atoms with Gasteiger partial charge in [0.15, 0.2) is 29.0 Å². The highest BCUT2D eigenvalue weighted by atomic mass is 35.5. The van der Waals surface area contributed by atoms with E-state index < -0.39 is 65.1 Å². The Kier molecular flexibility index (Phi) is 39.8. The van der Waals surface area contributed by atoms with Crippen LogP contribution in [0.3, 0.4) is 0 Å². The number of ether oxygens (including phenoxy) is 3. The number of hydrogen-bond acceptors (Lipinski definition) is 27. The maximum absolute atomic E-state index is 14.3. The molecule has 33 nitrogen and oxygen atoms in total. The number of halogens is 2. The number of H-pyrrole nitrogens is 1. The predicted molar refractivity (Wildman–Crippen MR) is 523 cm³/mol. The number of anilines is 5. The number of rotatable bonds is 19. The number of nitrogen functional groups attached to an aromatic ring is 1. The number of amides is 2. The number of aliphatic hydroxyl groups excluding tert-OH is 2. The standard InChI is InChI=1S/C21H25N3O4.C19H15ClFN3O3.C17H23N3O.C17H21N3O.C10H17N3O.C10H11N3.C7H10O4.C2H4O/c1-13-18(15(3)25)20(26)19(21(27)28-4)14(2)24(13)17-10-11-23(22-17)12-16-8-6-5-7-9-16;1-19(2,3)27-18(26)24-9-14-16(17(24)25)11(20)7-13(23-14)15-10(8-22)5-4-6-12(15)21;2*1-13-10-16(21)11-14(2)20(13)17-8-9-19(18-17)12-15-6-4-3-5-7-15;1-7-5-9(14)6-8(2)13(7)10-3-4-11-12-10;11-10-6-7-13(12-10)8-9-4-2-1-3-5-9;1-5(8)3-6(9)4-7(10)11-2;1-2-3/h5-11,13-14,18-19H,12H2,1-4H3;4-7H,9H2,1-3H3;3-9,13-14,16,21H,10-12H2,1-2H3;3-9,13-14H,10-12H2,1-2H3;3-4,7-9,14H,5-6H2,1-2H3,(H,11,12);1-7H,8H2,(H2,11,12);3-4H2,1-2H3;2H,1H3. The number of aromatic nitrogens is 11. The lowest BCUT2D eigenvalue weighted by molar-refractivity contribution is -0.154. The number of aromatic amines is 1. The Morgan fingerprint density at radius 1 is 0.565 bits per heavy atom. The van der Waals surface area contributed by atoms with E-state index in [-0.39, 0.29) is 94.1 Å². The van der Waals surface area contributed by atoms with Gasteiger partial charge in [-0.1, -0.05) is 139 Å². The minimum Gasteiger partial charge on any atom is -0.469 e. The summed E-state index contributed by atoms with van der Waals surface area (Å²) in [5.74, 6) is -1.07. The molecule has 5 N–H and O–H groups in total. The van der Waals surface area contributed by atoms with Crippen molar-refractivity contribution in [3.8, 4) is 17.3 Å². The number of nitriles is 1. The van der Waals surface area contributed by atoms with Crippen LogP contribution < -0.4 is 25.3 Å². The molecule has 0 bridgehead atoms. The van der Waals surface area contributed by atoms with Crippen LogP contribution in [-0.4, -0.2) is 209 Å². The number of pyridine rings is 1. The lowest BCUT2D eigenvalue weighted by atomic mass is 9.76. The Morgan fingerprint density at radius 3 is 1.39 bits per heavy atom. The second kappa shape index (κ2) is 51.1. The average molecular weight is 1910 g/mol. The van der Waals surface area contributed by atoms with Crippen molar-refractivity contribution in [1.82, 2.24) is 59.2 Å². The first-order chi connectivity index (χ1) is 65.7. The maximum atomic E-state index is 14.3. The molecule has 5 aliphatic rings. The molecule has 0 spiro atoms. The number of carbonyl (C=O) groups is 10. The zero-order valence-electron chi connectivity index (χ0n) is 81.0. The van der Waals surface area contributed by atoms with Crippen molar-refractivity contribution in [1.29, 1.82) is 5.26 Å². The van der Waals surface area contributed by atoms with Crippen LogP contribution in [0.15, 0.2) is 207 Å². The number of ketones is 5. The van der Waals surface area contributed by atoms with Crippen molar-refractivity contribution in [2.45, 2.75) is 247 Å². The number of nitrogens with zero attached hydrogens (tertiary/aromatic N) is 16. The summed E-state index contributed by atoms with van der Waals surface area (Å²) in [4.78, 5) is 128. The molecule has 4 saturated heterocycles. The fraction of sp³-hybridized carbons (Fsp3) is 0.408. The summed E-state index contributed by atoms with van der Waals surface area (Å²) in [6.45, 7) is 28.4. The minimum atomic E-state index is -1.02. The third kappa shape index (κ3) is 30.4. The molecule has 138 heavy (non-hydrogen) atoms. The number of aldehydes is 1. The van der Waals surface area contributed by atoms with E-state index in [2.05, 4.69) is 146 Å². The van der Waals surface area contributed by atoms with Gasteiger partial charge >= 0.3 is 18.0 Å². The summed E-state index contributed by atoms with van der Waals surface area (Å²) >= 11 is 6.23. The Hall–Kier alpha value is -14.2. The smallest absolute Gasteiger partial charge is 0.417 e. The van der Waals surface area contributed by atoms with Crippen LogP contribution in [0, 0.1) is 29.0 Å². The first kappa shape index (κ1) is 107. The molecular weight excluding hydrogens is 1780 g/mol. The van der Waals surface area contributed by atoms with E-state index in [4.69, 9.17) is 36.7 Å². The fourth-order valence-electron chi connectivity index (χ4n) is 17.6. The van der Waals surface area contributed by atoms with Crippen LogP contribution in [0.5, 0.6) is 0 Å². The summed E-state index contributed by atoms with van der Waals surface area (Å²) in [5.41, 5.74) is 10.0. The SMILES string of the molecule is CC(C)(C)OC(=O)N1Cc2nc(-c3c(F)cccc3C#N)cc(Cl)c2C1=O.CC1CC(=O)CC(C)N1c1ccn(Cc2ccccc2)n1.CC1CC(O)CC(C)N1c1ccn(Cc2ccccc2)n1.CC1CC(O)CC(C)N1c1ccn[nH]1.CC=O.COC(=O)C1C(=O)C(C(C)=O)C(C)N(c2ccn(Cc3ccccc3)n2)C1C.COC(=O)CC(=O)CC(C)=O.Nc1ccn(Cc2ccccc2)n1. The molecule has 732 valence electrons. The molecule has 0 saturated carbocycles. The number of piperidine rings is 4. The van der Waals surface area contributed by atoms with Gasteiger partial charge in [0.05, 0.1) is 117 Å². The quantitative estimate of drug-likeness (QED) is 0.0253. The first-order valence-electron chi connectivity index (χ1n) is 45.8. The molecule has 11 heterocycles. The van der Waals surface area contributed by atoms with Crippen molar-refractivity contribution >= 4 is 99.8 Å². The second-order valence-corrected chi connectivity index (χ2v) is 36.1. The van der Waals surface area contributed by atoms with Crippen molar-refractivity contribution in [2.24, 2.45) is 11.8 Å². The number of hydrogen-bond donors (Lipinski definition) is 4. The predicted octanol–water partition coefficient (Wildman–Crippen LogP) is 14.9. The van der Waals surface area contributed by atoms with Gasteiger partial charge in [-0.2, -0.15) is 30.8 Å². The van der Waals surface area contributed by atoms with Gasteiger partial charge < -0.3 is 54.6 Å². The van der Waals surface area contributed by atoms with Crippen LogP contribution >= 0.6 is 11.6 Å². The summed E-state index contributed by atoms with van der Waals surface area (Å²) in [7, 11) is 2.45. The summed E-state index contributed by atoms with van der Waals surface area (Å²) in [6.07, 6.45) is 13.2. The Bertz CT molecular complexity index is 5870. The molecule has 10 atom stereocenters. The number of methoxy groups -OCH3 is 2. The monoisotopic (exact) mass is 1910 g/mol. The van der Waals surface area contributed by atoms with Gasteiger partial charge in [-0.15, -0.1) is 0 Å². The normalized spacial score (nSPS) is 20.2. The van der Waals surface area contributed by atoms with Gasteiger partial charge in [0.1, 0.15) is 59.0 Å². The molecule has 4 fully saturated rings. The highest BCUT2D eigenvalue weighted by Gasteiger charge is 2.51. The number of nitrogens with two attached hydrogens (primary N) is 1. The van der Waals surface area contributed by atoms with Gasteiger partial charge in [0.25, 0.3) is 5.91 Å². The molecule has 10 unspecified atom stereocenters. The third-order valence-corrected chi connectivity index (χ3v) is 23.7. The van der Waals surface area contributed by atoms with Gasteiger partial charge in [0.2, 0.25) is 0 Å². The van der Waals surface area contributed by atoms with Crippen LogP contribution in [-0.2, 0) is 85.3 Å². The van der Waals surface area contributed by atoms with Crippen molar-refractivity contribution in [2.75, 3.05) is 39.6 Å². The lowest BCUT2D eigenvalue weighted by Crippen LogP contribution is -2.61. The minimum absolute atomic E-state index is 0.00660. The number of nitrogens with one attached hydrogen (secondary N) is 1. The van der Waals surface area contributed by atoms with E-state index in [9.17, 15) is 63.0 Å². The van der Waals surface area contributed by atoms with Gasteiger partial charge in [-0.25, -0.2) is 19.1 Å². The van der Waals surface area contributed by atoms with Crippen LogP contribution in [0.1, 0.15) is 192 Å². The zero-order chi connectivity index (χ0) is 101. The molecule has 6 aromatic heterocycles. The number of Topliss-reactive ketones (excluding diaryl/α,β-unsaturated/α-hetero) is 5. The lowest BCUT2D eigenvalue weighted by Gasteiger charge is -2.45. The third-order valence-electron chi connectivity index (χ3n) is 23.4. The topological polar surface area (TPSA) is 418 Å². The van der Waals surface area contributed by atoms with E-state index in [1.807, 2.05) is 148 Å². The molecule has 0 radical (unpaired) electrons. The number of imide groups is 1.